The molecule has 0 saturated carbocycles. The largest absolute Gasteiger partial charge is 0.478 e. The van der Waals surface area contributed by atoms with Crippen LogP contribution in [0, 0.1) is 5.92 Å². The fourth-order valence-electron chi connectivity index (χ4n) is 1.76. The molecule has 0 aliphatic carbocycles. The van der Waals surface area contributed by atoms with E-state index in [1.54, 1.807) is 0 Å². The fraction of sp³-hybridized carbons (Fsp3) is 0.615. The predicted molar refractivity (Wildman–Crippen MR) is 67.6 cm³/mol. The van der Waals surface area contributed by atoms with E-state index in [0.29, 0.717) is 24.5 Å². The number of aryl methyl sites for hydroxylation is 1. The van der Waals surface area contributed by atoms with E-state index in [1.807, 2.05) is 27.7 Å². The Labute approximate surface area is 107 Å². The van der Waals surface area contributed by atoms with Crippen molar-refractivity contribution in [3.8, 4) is 0 Å². The van der Waals surface area contributed by atoms with Crippen molar-refractivity contribution in [1.29, 1.82) is 0 Å². The van der Waals surface area contributed by atoms with Crippen LogP contribution >= 0.6 is 0 Å². The summed E-state index contributed by atoms with van der Waals surface area (Å²) in [4.78, 5) is 19.5. The van der Waals surface area contributed by atoms with Gasteiger partial charge in [-0.25, -0.2) is 14.8 Å². The summed E-state index contributed by atoms with van der Waals surface area (Å²) in [5, 5.41) is 9.03. The number of carbonyl (C=O) groups is 1. The molecule has 18 heavy (non-hydrogen) atoms. The molecule has 0 saturated heterocycles. The Balaban J connectivity index is 3.13. The van der Waals surface area contributed by atoms with Gasteiger partial charge in [0.1, 0.15) is 6.10 Å². The highest BCUT2D eigenvalue weighted by molar-refractivity contribution is 5.88. The van der Waals surface area contributed by atoms with Gasteiger partial charge >= 0.3 is 5.97 Å². The van der Waals surface area contributed by atoms with Crippen molar-refractivity contribution in [2.24, 2.45) is 5.92 Å². The number of nitrogens with zero attached hydrogens (tertiary/aromatic N) is 2. The lowest BCUT2D eigenvalue weighted by molar-refractivity contribution is 0.0229. The van der Waals surface area contributed by atoms with Gasteiger partial charge in [-0.2, -0.15) is 0 Å². The van der Waals surface area contributed by atoms with Crippen LogP contribution in [0.3, 0.4) is 0 Å². The van der Waals surface area contributed by atoms with Gasteiger partial charge in [0.2, 0.25) is 0 Å². The molecule has 1 atom stereocenters. The SMILES string of the molecule is CCOC(c1ncc(C(=O)O)c(CC)n1)C(C)C. The summed E-state index contributed by atoms with van der Waals surface area (Å²) in [7, 11) is 0. The Kier molecular flexibility index (Phi) is 5.22. The van der Waals surface area contributed by atoms with Crippen LogP contribution in [0.15, 0.2) is 6.20 Å². The molecule has 0 radical (unpaired) electrons. The number of ether oxygens (including phenoxy) is 1. The molecular formula is C13H20N2O3. The van der Waals surface area contributed by atoms with Gasteiger partial charge in [0.15, 0.2) is 5.82 Å². The second-order valence-electron chi connectivity index (χ2n) is 4.37. The van der Waals surface area contributed by atoms with E-state index >= 15 is 0 Å². The van der Waals surface area contributed by atoms with Crippen molar-refractivity contribution in [3.63, 3.8) is 0 Å². The lowest BCUT2D eigenvalue weighted by Gasteiger charge is -2.20. The summed E-state index contributed by atoms with van der Waals surface area (Å²) in [6.45, 7) is 8.43. The smallest absolute Gasteiger partial charge is 0.339 e. The van der Waals surface area contributed by atoms with Gasteiger partial charge in [-0.1, -0.05) is 20.8 Å². The van der Waals surface area contributed by atoms with E-state index in [2.05, 4.69) is 9.97 Å². The molecule has 0 fully saturated rings. The van der Waals surface area contributed by atoms with Crippen LogP contribution in [0.1, 0.15) is 55.7 Å². The zero-order valence-corrected chi connectivity index (χ0v) is 11.3. The number of hydrogen-bond acceptors (Lipinski definition) is 4. The number of aromatic nitrogens is 2. The van der Waals surface area contributed by atoms with Crippen LogP contribution in [-0.4, -0.2) is 27.7 Å². The zero-order valence-electron chi connectivity index (χ0n) is 11.3. The molecule has 5 heteroatoms. The molecule has 1 rings (SSSR count). The van der Waals surface area contributed by atoms with E-state index in [1.165, 1.54) is 6.20 Å². The molecule has 100 valence electrons. The molecule has 5 nitrogen and oxygen atoms in total. The molecule has 0 aromatic carbocycles. The molecule has 0 aliphatic heterocycles. The third-order valence-electron chi connectivity index (χ3n) is 2.66. The average molecular weight is 252 g/mol. The molecule has 0 amide bonds. The van der Waals surface area contributed by atoms with Crippen molar-refractivity contribution in [3.05, 3.63) is 23.3 Å². The second-order valence-corrected chi connectivity index (χ2v) is 4.37. The highest BCUT2D eigenvalue weighted by Gasteiger charge is 2.21. The average Bonchev–Trinajstić information content (AvgIpc) is 2.34. The highest BCUT2D eigenvalue weighted by atomic mass is 16.5. The van der Waals surface area contributed by atoms with Crippen LogP contribution < -0.4 is 0 Å². The molecule has 0 bridgehead atoms. The first-order chi connectivity index (χ1) is 8.51. The van der Waals surface area contributed by atoms with Crippen molar-refractivity contribution >= 4 is 5.97 Å². The van der Waals surface area contributed by atoms with Crippen LogP contribution in [0.2, 0.25) is 0 Å². The number of carboxylic acid groups (broad SMARTS) is 1. The monoisotopic (exact) mass is 252 g/mol. The Morgan fingerprint density at radius 3 is 2.56 bits per heavy atom. The van der Waals surface area contributed by atoms with E-state index in [9.17, 15) is 4.79 Å². The molecule has 1 aromatic heterocycles. The maximum absolute atomic E-state index is 11.0. The minimum atomic E-state index is -0.990. The number of hydrogen-bond donors (Lipinski definition) is 1. The summed E-state index contributed by atoms with van der Waals surface area (Å²) in [5.74, 6) is -0.185. The van der Waals surface area contributed by atoms with Crippen molar-refractivity contribution < 1.29 is 14.6 Å². The second kappa shape index (κ2) is 6.44. The molecule has 1 unspecified atom stereocenters. The van der Waals surface area contributed by atoms with Gasteiger partial charge in [0.05, 0.1) is 11.3 Å². The maximum atomic E-state index is 11.0. The molecule has 1 aromatic rings. The number of carboxylic acids is 1. The minimum Gasteiger partial charge on any atom is -0.478 e. The van der Waals surface area contributed by atoms with Crippen LogP contribution in [0.25, 0.3) is 0 Å². The molecule has 0 aliphatic rings. The van der Waals surface area contributed by atoms with Gasteiger partial charge in [-0.15, -0.1) is 0 Å². The highest BCUT2D eigenvalue weighted by Crippen LogP contribution is 2.23. The molecular weight excluding hydrogens is 232 g/mol. The summed E-state index contributed by atoms with van der Waals surface area (Å²) >= 11 is 0. The van der Waals surface area contributed by atoms with Crippen LogP contribution in [-0.2, 0) is 11.2 Å². The summed E-state index contributed by atoms with van der Waals surface area (Å²) in [6, 6.07) is 0. The first kappa shape index (κ1) is 14.6. The lowest BCUT2D eigenvalue weighted by atomic mass is 10.1. The maximum Gasteiger partial charge on any atom is 0.339 e. The van der Waals surface area contributed by atoms with E-state index in [4.69, 9.17) is 9.84 Å². The summed E-state index contributed by atoms with van der Waals surface area (Å²) in [6.07, 6.45) is 1.74. The molecule has 1 N–H and O–H groups in total. The normalized spacial score (nSPS) is 12.7. The van der Waals surface area contributed by atoms with Crippen LogP contribution in [0.5, 0.6) is 0 Å². The Morgan fingerprint density at radius 1 is 1.44 bits per heavy atom. The van der Waals surface area contributed by atoms with Gasteiger partial charge in [-0.3, -0.25) is 0 Å². The number of rotatable bonds is 6. The predicted octanol–water partition coefficient (Wildman–Crippen LogP) is 2.47. The third kappa shape index (κ3) is 3.26. The third-order valence-corrected chi connectivity index (χ3v) is 2.66. The summed E-state index contributed by atoms with van der Waals surface area (Å²) in [5.41, 5.74) is 0.720. The topological polar surface area (TPSA) is 72.3 Å². The Hall–Kier alpha value is -1.49. The number of aromatic carboxylic acids is 1. The van der Waals surface area contributed by atoms with Gasteiger partial charge in [0, 0.05) is 12.8 Å². The van der Waals surface area contributed by atoms with Crippen molar-refractivity contribution in [1.82, 2.24) is 9.97 Å². The first-order valence-corrected chi connectivity index (χ1v) is 6.21. The standard InChI is InChI=1S/C13H20N2O3/c1-5-10-9(13(16)17)7-14-12(15-10)11(8(3)4)18-6-2/h7-8,11H,5-6H2,1-4H3,(H,16,17). The summed E-state index contributed by atoms with van der Waals surface area (Å²) < 4.78 is 5.62. The van der Waals surface area contributed by atoms with Crippen molar-refractivity contribution in [2.75, 3.05) is 6.61 Å². The van der Waals surface area contributed by atoms with E-state index in [-0.39, 0.29) is 17.6 Å². The Bertz CT molecular complexity index is 419. The van der Waals surface area contributed by atoms with Crippen LogP contribution in [0.4, 0.5) is 0 Å². The lowest BCUT2D eigenvalue weighted by Crippen LogP contribution is -2.17. The Morgan fingerprint density at radius 2 is 2.11 bits per heavy atom. The van der Waals surface area contributed by atoms with Gasteiger partial charge in [0.25, 0.3) is 0 Å². The zero-order chi connectivity index (χ0) is 13.7. The van der Waals surface area contributed by atoms with Gasteiger partial charge in [-0.05, 0) is 19.3 Å². The quantitative estimate of drug-likeness (QED) is 0.842. The first-order valence-electron chi connectivity index (χ1n) is 6.21. The van der Waals surface area contributed by atoms with Gasteiger partial charge < -0.3 is 9.84 Å². The van der Waals surface area contributed by atoms with E-state index in [0.717, 1.165) is 0 Å². The molecule has 0 spiro atoms. The van der Waals surface area contributed by atoms with E-state index < -0.39 is 5.97 Å². The molecule has 1 heterocycles. The fourth-order valence-corrected chi connectivity index (χ4v) is 1.76. The minimum absolute atomic E-state index is 0.167. The van der Waals surface area contributed by atoms with Crippen molar-refractivity contribution in [2.45, 2.75) is 40.2 Å².